The summed E-state index contributed by atoms with van der Waals surface area (Å²) in [5, 5.41) is 9.88. The van der Waals surface area contributed by atoms with Crippen LogP contribution in [0.4, 0.5) is 0 Å². The van der Waals surface area contributed by atoms with Crippen LogP contribution < -0.4 is 0 Å². The van der Waals surface area contributed by atoms with E-state index in [1.807, 2.05) is 12.1 Å². The molecule has 1 N–H and O–H groups in total. The zero-order valence-corrected chi connectivity index (χ0v) is 8.93. The van der Waals surface area contributed by atoms with E-state index in [4.69, 9.17) is 16.7 Å². The first-order chi connectivity index (χ1) is 6.83. The molecule has 0 unspecified atom stereocenters. The highest BCUT2D eigenvalue weighted by Crippen LogP contribution is 2.38. The Kier molecular flexibility index (Phi) is 3.09. The van der Waals surface area contributed by atoms with Gasteiger partial charge in [-0.05, 0) is 29.9 Å². The molecule has 1 aromatic carbocycles. The van der Waals surface area contributed by atoms with E-state index in [9.17, 15) is 0 Å². The molecule has 14 heavy (non-hydrogen) atoms. The van der Waals surface area contributed by atoms with Gasteiger partial charge in [-0.3, -0.25) is 0 Å². The third-order valence-corrected chi connectivity index (χ3v) is 3.53. The van der Waals surface area contributed by atoms with Crippen molar-refractivity contribution in [1.29, 1.82) is 0 Å². The van der Waals surface area contributed by atoms with Crippen LogP contribution in [0.15, 0.2) is 18.2 Å². The molecular formula is C12H15ClO. The zero-order valence-electron chi connectivity index (χ0n) is 8.17. The first-order valence-electron chi connectivity index (χ1n) is 5.21. The summed E-state index contributed by atoms with van der Waals surface area (Å²) >= 11 is 6.23. The van der Waals surface area contributed by atoms with Crippen molar-refractivity contribution in [3.63, 3.8) is 0 Å². The Morgan fingerprint density at radius 2 is 2.00 bits per heavy atom. The smallest absolute Gasteiger partial charge is 0.0696 e. The minimum absolute atomic E-state index is 0.0411. The van der Waals surface area contributed by atoms with E-state index in [-0.39, 0.29) is 6.61 Å². The molecule has 0 aromatic heterocycles. The van der Waals surface area contributed by atoms with Gasteiger partial charge in [-0.25, -0.2) is 0 Å². The number of aliphatic hydroxyl groups is 1. The second-order valence-electron chi connectivity index (χ2n) is 3.96. The van der Waals surface area contributed by atoms with E-state index < -0.39 is 0 Å². The molecule has 0 spiro atoms. The second-order valence-corrected chi connectivity index (χ2v) is 4.34. The van der Waals surface area contributed by atoms with Crippen molar-refractivity contribution in [3.05, 3.63) is 34.3 Å². The normalized spacial score (nSPS) is 17.6. The Bertz CT molecular complexity index is 316. The topological polar surface area (TPSA) is 20.2 Å². The molecule has 0 radical (unpaired) electrons. The molecule has 1 aromatic rings. The first kappa shape index (κ1) is 10.0. The lowest BCUT2D eigenvalue weighted by molar-refractivity contribution is 0.282. The van der Waals surface area contributed by atoms with Gasteiger partial charge in [-0.15, -0.1) is 0 Å². The molecule has 0 heterocycles. The molecule has 1 aliphatic carbocycles. The van der Waals surface area contributed by atoms with E-state index in [2.05, 4.69) is 6.07 Å². The van der Waals surface area contributed by atoms with Crippen molar-refractivity contribution < 1.29 is 5.11 Å². The molecule has 0 amide bonds. The van der Waals surface area contributed by atoms with Crippen molar-refractivity contribution in [1.82, 2.24) is 0 Å². The van der Waals surface area contributed by atoms with Crippen LogP contribution in [-0.2, 0) is 6.61 Å². The molecule has 1 aliphatic rings. The number of halogens is 1. The number of aliphatic hydroxyl groups excluding tert-OH is 1. The van der Waals surface area contributed by atoms with Gasteiger partial charge in [-0.1, -0.05) is 42.6 Å². The molecule has 1 nitrogen and oxygen atoms in total. The molecule has 76 valence electrons. The quantitative estimate of drug-likeness (QED) is 0.793. The maximum atomic E-state index is 9.10. The monoisotopic (exact) mass is 210 g/mol. The molecule has 0 bridgehead atoms. The minimum Gasteiger partial charge on any atom is -0.392 e. The average Bonchev–Trinajstić information content (AvgIpc) is 2.71. The maximum absolute atomic E-state index is 9.10. The third-order valence-electron chi connectivity index (χ3n) is 3.07. The van der Waals surface area contributed by atoms with Crippen LogP contribution in [0.3, 0.4) is 0 Å². The summed E-state index contributed by atoms with van der Waals surface area (Å²) in [6.07, 6.45) is 5.11. The summed E-state index contributed by atoms with van der Waals surface area (Å²) < 4.78 is 0. The fourth-order valence-electron chi connectivity index (χ4n) is 2.27. The van der Waals surface area contributed by atoms with Crippen molar-refractivity contribution in [3.8, 4) is 0 Å². The fraction of sp³-hybridized carbons (Fsp3) is 0.500. The Labute approximate surface area is 89.7 Å². The van der Waals surface area contributed by atoms with Crippen LogP contribution in [0.1, 0.15) is 42.7 Å². The van der Waals surface area contributed by atoms with Crippen molar-refractivity contribution in [2.45, 2.75) is 38.2 Å². The number of hydrogen-bond acceptors (Lipinski definition) is 1. The van der Waals surface area contributed by atoms with Crippen LogP contribution >= 0.6 is 11.6 Å². The molecule has 0 saturated heterocycles. The van der Waals surface area contributed by atoms with Gasteiger partial charge in [0.2, 0.25) is 0 Å². The minimum atomic E-state index is 0.0411. The predicted octanol–water partition coefficient (Wildman–Crippen LogP) is 3.49. The standard InChI is InChI=1S/C12H15ClO/c13-12-10(8-14)6-3-7-11(12)9-4-1-2-5-9/h3,6-7,9,14H,1-2,4-5,8H2. The SMILES string of the molecule is OCc1cccc(C2CCCC2)c1Cl. The van der Waals surface area contributed by atoms with Gasteiger partial charge < -0.3 is 5.11 Å². The van der Waals surface area contributed by atoms with Gasteiger partial charge in [0.05, 0.1) is 6.61 Å². The molecule has 1 fully saturated rings. The summed E-state index contributed by atoms with van der Waals surface area (Å²) in [7, 11) is 0. The van der Waals surface area contributed by atoms with Gasteiger partial charge in [0, 0.05) is 5.02 Å². The van der Waals surface area contributed by atoms with Crippen molar-refractivity contribution in [2.24, 2.45) is 0 Å². The lowest BCUT2D eigenvalue weighted by atomic mass is 9.96. The summed E-state index contributed by atoms with van der Waals surface area (Å²) in [5.41, 5.74) is 2.09. The molecule has 2 heteroatoms. The third kappa shape index (κ3) is 1.79. The van der Waals surface area contributed by atoms with Crippen LogP contribution in [0.2, 0.25) is 5.02 Å². The summed E-state index contributed by atoms with van der Waals surface area (Å²) in [4.78, 5) is 0. The molecule has 0 aliphatic heterocycles. The van der Waals surface area contributed by atoms with Gasteiger partial charge >= 0.3 is 0 Å². The molecule has 2 rings (SSSR count). The average molecular weight is 211 g/mol. The lowest BCUT2D eigenvalue weighted by Gasteiger charge is -2.13. The van der Waals surface area contributed by atoms with Gasteiger partial charge in [0.1, 0.15) is 0 Å². The van der Waals surface area contributed by atoms with Gasteiger partial charge in [0.25, 0.3) is 0 Å². The lowest BCUT2D eigenvalue weighted by Crippen LogP contribution is -1.96. The Morgan fingerprint density at radius 1 is 1.29 bits per heavy atom. The number of rotatable bonds is 2. The fourth-order valence-corrected chi connectivity index (χ4v) is 2.61. The molecular weight excluding hydrogens is 196 g/mol. The summed E-state index contributed by atoms with van der Waals surface area (Å²) in [6.45, 7) is 0.0411. The van der Waals surface area contributed by atoms with E-state index in [1.165, 1.54) is 31.2 Å². The first-order valence-corrected chi connectivity index (χ1v) is 5.59. The molecule has 1 saturated carbocycles. The zero-order chi connectivity index (χ0) is 9.97. The Balaban J connectivity index is 2.32. The van der Waals surface area contributed by atoms with E-state index in [1.54, 1.807) is 0 Å². The van der Waals surface area contributed by atoms with E-state index >= 15 is 0 Å². The Morgan fingerprint density at radius 3 is 2.64 bits per heavy atom. The van der Waals surface area contributed by atoms with E-state index in [0.717, 1.165) is 10.6 Å². The number of benzene rings is 1. The van der Waals surface area contributed by atoms with Crippen LogP contribution in [0, 0.1) is 0 Å². The van der Waals surface area contributed by atoms with Crippen LogP contribution in [0.25, 0.3) is 0 Å². The van der Waals surface area contributed by atoms with Crippen molar-refractivity contribution in [2.75, 3.05) is 0 Å². The van der Waals surface area contributed by atoms with Gasteiger partial charge in [0.15, 0.2) is 0 Å². The number of hydrogen-bond donors (Lipinski definition) is 1. The molecule has 0 atom stereocenters. The predicted molar refractivity (Wildman–Crippen MR) is 58.6 cm³/mol. The highest BCUT2D eigenvalue weighted by Gasteiger charge is 2.20. The highest BCUT2D eigenvalue weighted by molar-refractivity contribution is 6.32. The van der Waals surface area contributed by atoms with Gasteiger partial charge in [-0.2, -0.15) is 0 Å². The van der Waals surface area contributed by atoms with E-state index in [0.29, 0.717) is 5.92 Å². The summed E-state index contributed by atoms with van der Waals surface area (Å²) in [5.74, 6) is 0.619. The van der Waals surface area contributed by atoms with Crippen molar-refractivity contribution >= 4 is 11.6 Å². The second kappa shape index (κ2) is 4.33. The maximum Gasteiger partial charge on any atom is 0.0696 e. The largest absolute Gasteiger partial charge is 0.392 e. The highest BCUT2D eigenvalue weighted by atomic mass is 35.5. The Hall–Kier alpha value is -0.530. The van der Waals surface area contributed by atoms with Crippen LogP contribution in [0.5, 0.6) is 0 Å². The summed E-state index contributed by atoms with van der Waals surface area (Å²) in [6, 6.07) is 5.98. The van der Waals surface area contributed by atoms with Crippen LogP contribution in [-0.4, -0.2) is 5.11 Å².